The number of benzene rings is 2. The molecule has 0 unspecified atom stereocenters. The number of allylic oxidation sites excluding steroid dienone is 1. The van der Waals surface area contributed by atoms with Gasteiger partial charge in [-0.2, -0.15) is 13.2 Å². The molecule has 3 aliphatic heterocycles. The molecule has 53 heavy (non-hydrogen) atoms. The molecule has 2 aromatic rings. The van der Waals surface area contributed by atoms with E-state index in [-0.39, 0.29) is 35.3 Å². The van der Waals surface area contributed by atoms with E-state index in [9.17, 15) is 26.4 Å². The second kappa shape index (κ2) is 15.7. The lowest BCUT2D eigenvalue weighted by molar-refractivity contribution is -0.136. The molecule has 2 aliphatic carbocycles. The molecule has 2 fully saturated rings. The van der Waals surface area contributed by atoms with Crippen molar-refractivity contribution in [3.8, 4) is 5.75 Å². The predicted octanol–water partition coefficient (Wildman–Crippen LogP) is 6.53. The van der Waals surface area contributed by atoms with E-state index in [1.54, 1.807) is 18.2 Å². The SMILES string of the molecule is C[C@H]1C/C=C\[C@@H](OCCN2CCOCC2)[C@@H]2CC[C@H]2CN2C[C@@]3(CCCc4cc(Cl)ccc43)COc3ccc(cc32)C(=O)NS(=O)(=O)[C@H]1CC(F)(F)F. The second-order valence-corrected chi connectivity index (χ2v) is 17.9. The van der Waals surface area contributed by atoms with Crippen molar-refractivity contribution in [3.05, 3.63) is 70.3 Å². The third-order valence-electron chi connectivity index (χ3n) is 12.0. The largest absolute Gasteiger partial charge is 0.490 e. The highest BCUT2D eigenvalue weighted by atomic mass is 35.5. The predicted molar refractivity (Wildman–Crippen MR) is 197 cm³/mol. The van der Waals surface area contributed by atoms with Crippen molar-refractivity contribution in [2.45, 2.75) is 74.8 Å². The molecule has 6 atom stereocenters. The van der Waals surface area contributed by atoms with Crippen molar-refractivity contribution < 1.29 is 40.6 Å². The molecule has 5 aliphatic rings. The van der Waals surface area contributed by atoms with Gasteiger partial charge in [0, 0.05) is 48.7 Å². The monoisotopic (exact) mass is 779 g/mol. The van der Waals surface area contributed by atoms with E-state index >= 15 is 0 Å². The van der Waals surface area contributed by atoms with Gasteiger partial charge in [-0.1, -0.05) is 36.7 Å². The van der Waals surface area contributed by atoms with E-state index in [1.807, 2.05) is 22.9 Å². The molecule has 0 aromatic heterocycles. The lowest BCUT2D eigenvalue weighted by Gasteiger charge is -2.46. The molecule has 0 radical (unpaired) electrons. The first-order chi connectivity index (χ1) is 25.3. The molecule has 1 amide bonds. The van der Waals surface area contributed by atoms with Gasteiger partial charge < -0.3 is 19.1 Å². The van der Waals surface area contributed by atoms with Crippen LogP contribution in [-0.4, -0.2) is 95.9 Å². The van der Waals surface area contributed by atoms with Crippen LogP contribution in [0.25, 0.3) is 0 Å². The molecule has 2 bridgehead atoms. The Morgan fingerprint density at radius 3 is 2.68 bits per heavy atom. The first-order valence-corrected chi connectivity index (χ1v) is 20.7. The minimum Gasteiger partial charge on any atom is -0.490 e. The summed E-state index contributed by atoms with van der Waals surface area (Å²) in [5.74, 6) is -0.966. The van der Waals surface area contributed by atoms with Crippen LogP contribution in [0.3, 0.4) is 0 Å². The standard InChI is InChI=1S/C39H49ClF3N3O6S/c1-26-4-2-6-34(51-19-16-45-14-17-50-18-15-45)31-10-7-29(31)23-46-24-38(13-3-5-27-20-30(40)9-11-32(27)38)25-52-35-12-8-28(21-33(35)46)37(47)44-53(48,49)36(26)22-39(41,42)43/h2,6,8-9,11-12,20-21,26,29,31,34,36H,3-5,7,10,13-19,22-25H2,1H3,(H,44,47)/b6-2-/t26-,29-,31+,34+,36-,38-/m0/s1. The molecular weight excluding hydrogens is 731 g/mol. The number of halogens is 4. The van der Waals surface area contributed by atoms with Gasteiger partial charge in [0.25, 0.3) is 5.91 Å². The molecule has 1 spiro atoms. The van der Waals surface area contributed by atoms with E-state index in [2.05, 4.69) is 15.9 Å². The molecule has 1 saturated heterocycles. The zero-order valence-electron chi connectivity index (χ0n) is 30.1. The van der Waals surface area contributed by atoms with Crippen molar-refractivity contribution in [1.29, 1.82) is 0 Å². The van der Waals surface area contributed by atoms with E-state index in [1.165, 1.54) is 24.1 Å². The number of rotatable bonds is 5. The quantitative estimate of drug-likeness (QED) is 0.343. The van der Waals surface area contributed by atoms with Crippen molar-refractivity contribution in [2.75, 3.05) is 64.1 Å². The summed E-state index contributed by atoms with van der Waals surface area (Å²) in [5, 5.41) is -1.19. The third-order valence-corrected chi connectivity index (χ3v) is 14.1. The summed E-state index contributed by atoms with van der Waals surface area (Å²) in [5.41, 5.74) is 2.72. The summed E-state index contributed by atoms with van der Waals surface area (Å²) in [6, 6.07) is 10.8. The third kappa shape index (κ3) is 8.69. The summed E-state index contributed by atoms with van der Waals surface area (Å²) in [4.78, 5) is 18.2. The van der Waals surface area contributed by atoms with E-state index in [0.29, 0.717) is 56.0 Å². The Bertz CT molecular complexity index is 1790. The number of fused-ring (bicyclic) bond motifs is 4. The van der Waals surface area contributed by atoms with E-state index in [4.69, 9.17) is 25.8 Å². The van der Waals surface area contributed by atoms with Gasteiger partial charge >= 0.3 is 6.18 Å². The van der Waals surface area contributed by atoms with Crippen LogP contribution in [0, 0.1) is 17.8 Å². The molecular formula is C39H49ClF3N3O6S. The van der Waals surface area contributed by atoms with Crippen molar-refractivity contribution in [1.82, 2.24) is 9.62 Å². The minimum atomic E-state index is -4.76. The Balaban J connectivity index is 1.25. The number of morpholine rings is 1. The molecule has 2 aromatic carbocycles. The average Bonchev–Trinajstić information content (AvgIpc) is 3.25. The molecule has 14 heteroatoms. The number of hydrogen-bond donors (Lipinski definition) is 1. The van der Waals surface area contributed by atoms with E-state index in [0.717, 1.165) is 51.7 Å². The van der Waals surface area contributed by atoms with Gasteiger partial charge in [0.05, 0.1) is 49.9 Å². The molecule has 1 saturated carbocycles. The summed E-state index contributed by atoms with van der Waals surface area (Å²) in [7, 11) is -4.74. The fourth-order valence-corrected chi connectivity index (χ4v) is 10.8. The number of carbonyl (C=O) groups excluding carboxylic acids is 1. The van der Waals surface area contributed by atoms with Gasteiger partial charge in [-0.25, -0.2) is 13.1 Å². The first-order valence-electron chi connectivity index (χ1n) is 18.8. The maximum Gasteiger partial charge on any atom is 0.390 e. The molecule has 9 nitrogen and oxygen atoms in total. The van der Waals surface area contributed by atoms with Gasteiger partial charge in [0.15, 0.2) is 0 Å². The number of aryl methyl sites for hydroxylation is 1. The van der Waals surface area contributed by atoms with Crippen LogP contribution in [-0.2, 0) is 31.3 Å². The highest BCUT2D eigenvalue weighted by molar-refractivity contribution is 7.90. The Hall–Kier alpha value is -2.84. The fraction of sp³-hybridized carbons (Fsp3) is 0.615. The number of ether oxygens (including phenoxy) is 3. The van der Waals surface area contributed by atoms with Crippen molar-refractivity contribution >= 4 is 33.2 Å². The van der Waals surface area contributed by atoms with Gasteiger partial charge in [-0.05, 0) is 97.7 Å². The lowest BCUT2D eigenvalue weighted by atomic mass is 9.68. The van der Waals surface area contributed by atoms with Crippen LogP contribution in [0.1, 0.15) is 66.9 Å². The van der Waals surface area contributed by atoms with E-state index < -0.39 is 39.7 Å². The summed E-state index contributed by atoms with van der Waals surface area (Å²) in [6.45, 7) is 7.39. The van der Waals surface area contributed by atoms with Crippen molar-refractivity contribution in [3.63, 3.8) is 0 Å². The summed E-state index contributed by atoms with van der Waals surface area (Å²) < 4.78 is 89.4. The zero-order valence-corrected chi connectivity index (χ0v) is 31.7. The van der Waals surface area contributed by atoms with Crippen LogP contribution in [0.5, 0.6) is 5.75 Å². The number of amides is 1. The summed E-state index contributed by atoms with van der Waals surface area (Å²) in [6.07, 6.45) is 1.79. The van der Waals surface area contributed by atoms with Crippen LogP contribution >= 0.6 is 11.6 Å². The lowest BCUT2D eigenvalue weighted by Crippen LogP contribution is -2.50. The number of anilines is 1. The van der Waals surface area contributed by atoms with Gasteiger partial charge in [-0.15, -0.1) is 0 Å². The molecule has 7 rings (SSSR count). The van der Waals surface area contributed by atoms with Crippen LogP contribution in [0.15, 0.2) is 48.6 Å². The zero-order chi connectivity index (χ0) is 37.4. The average molecular weight is 780 g/mol. The number of carbonyl (C=O) groups is 1. The Kier molecular flexibility index (Phi) is 11.4. The Morgan fingerprint density at radius 2 is 1.92 bits per heavy atom. The summed E-state index contributed by atoms with van der Waals surface area (Å²) >= 11 is 6.44. The molecule has 290 valence electrons. The Labute approximate surface area is 315 Å². The van der Waals surface area contributed by atoms with Crippen LogP contribution < -0.4 is 14.4 Å². The smallest absolute Gasteiger partial charge is 0.390 e. The number of alkyl halides is 3. The number of hydrogen-bond acceptors (Lipinski definition) is 8. The number of nitrogens with zero attached hydrogens (tertiary/aromatic N) is 2. The van der Waals surface area contributed by atoms with Crippen molar-refractivity contribution in [2.24, 2.45) is 17.8 Å². The first kappa shape index (κ1) is 38.4. The van der Waals surface area contributed by atoms with Gasteiger partial charge in [0.2, 0.25) is 10.0 Å². The maximum atomic E-state index is 13.8. The second-order valence-electron chi connectivity index (χ2n) is 15.6. The Morgan fingerprint density at radius 1 is 1.11 bits per heavy atom. The highest BCUT2D eigenvalue weighted by Crippen LogP contribution is 2.47. The maximum absolute atomic E-state index is 13.8. The van der Waals surface area contributed by atoms with Gasteiger partial charge in [-0.3, -0.25) is 9.69 Å². The number of nitrogens with one attached hydrogen (secondary N) is 1. The highest BCUT2D eigenvalue weighted by Gasteiger charge is 2.46. The molecule has 3 heterocycles. The molecule has 1 N–H and O–H groups in total. The van der Waals surface area contributed by atoms with Crippen LogP contribution in [0.2, 0.25) is 5.02 Å². The normalized spacial score (nSPS) is 31.3. The number of sulfonamides is 1. The van der Waals surface area contributed by atoms with Gasteiger partial charge in [0.1, 0.15) is 5.75 Å². The van der Waals surface area contributed by atoms with Crippen LogP contribution in [0.4, 0.5) is 18.9 Å². The topological polar surface area (TPSA) is 97.4 Å². The fourth-order valence-electron chi connectivity index (χ4n) is 8.94. The minimum absolute atomic E-state index is 0.0348.